The third kappa shape index (κ3) is 51.0. The van der Waals surface area contributed by atoms with Crippen molar-refractivity contribution in [3.8, 4) is 0 Å². The maximum absolute atomic E-state index is 12.8. The summed E-state index contributed by atoms with van der Waals surface area (Å²) < 4.78 is 16.8. The van der Waals surface area contributed by atoms with Crippen LogP contribution in [0.2, 0.25) is 0 Å². The van der Waals surface area contributed by atoms with Crippen LogP contribution in [0.25, 0.3) is 0 Å². The van der Waals surface area contributed by atoms with E-state index in [1.807, 2.05) is 0 Å². The van der Waals surface area contributed by atoms with E-state index in [2.05, 4.69) is 32.9 Å². The molecule has 0 bridgehead atoms. The lowest BCUT2D eigenvalue weighted by atomic mass is 10.0. The molecule has 0 heterocycles. The summed E-state index contributed by atoms with van der Waals surface area (Å²) in [5.41, 5.74) is 0. The van der Waals surface area contributed by atoms with Gasteiger partial charge in [-0.2, -0.15) is 0 Å². The highest BCUT2D eigenvalue weighted by molar-refractivity contribution is 5.71. The molecule has 1 atom stereocenters. The van der Waals surface area contributed by atoms with Gasteiger partial charge in [-0.25, -0.2) is 0 Å². The zero-order valence-corrected chi connectivity index (χ0v) is 42.6. The van der Waals surface area contributed by atoms with E-state index in [-0.39, 0.29) is 31.1 Å². The third-order valence-corrected chi connectivity index (χ3v) is 12.8. The smallest absolute Gasteiger partial charge is 0.306 e. The van der Waals surface area contributed by atoms with Crippen molar-refractivity contribution in [3.05, 3.63) is 12.2 Å². The second-order valence-electron chi connectivity index (χ2n) is 19.2. The SMILES string of the molecule is CCCCCCCC/C=C\CCCCCCCCCC(=O)OC[C@H](COC(=O)CCCCCCCCCCCCC)OC(=O)CCCCCCCCCCCCCCCCCCC. The molecule has 372 valence electrons. The van der Waals surface area contributed by atoms with Crippen LogP contribution in [0, 0.1) is 0 Å². The molecular formula is C57H108O6. The van der Waals surface area contributed by atoms with E-state index in [1.165, 1.54) is 218 Å². The first-order valence-electron chi connectivity index (χ1n) is 28.2. The molecule has 0 aliphatic heterocycles. The highest BCUT2D eigenvalue weighted by atomic mass is 16.6. The largest absolute Gasteiger partial charge is 0.462 e. The number of ether oxygens (including phenoxy) is 3. The van der Waals surface area contributed by atoms with Gasteiger partial charge in [-0.1, -0.05) is 264 Å². The van der Waals surface area contributed by atoms with Crippen LogP contribution < -0.4 is 0 Å². The number of allylic oxidation sites excluding steroid dienone is 2. The minimum Gasteiger partial charge on any atom is -0.462 e. The van der Waals surface area contributed by atoms with Crippen LogP contribution in [0.15, 0.2) is 12.2 Å². The van der Waals surface area contributed by atoms with Crippen molar-refractivity contribution in [2.75, 3.05) is 13.2 Å². The lowest BCUT2D eigenvalue weighted by Gasteiger charge is -2.18. The highest BCUT2D eigenvalue weighted by Gasteiger charge is 2.19. The maximum atomic E-state index is 12.8. The summed E-state index contributed by atoms with van der Waals surface area (Å²) in [6, 6.07) is 0. The van der Waals surface area contributed by atoms with Gasteiger partial charge in [0, 0.05) is 19.3 Å². The van der Waals surface area contributed by atoms with E-state index < -0.39 is 6.10 Å². The molecule has 0 N–H and O–H groups in total. The molecule has 0 rings (SSSR count). The Morgan fingerprint density at radius 3 is 0.794 bits per heavy atom. The van der Waals surface area contributed by atoms with Gasteiger partial charge in [-0.05, 0) is 44.9 Å². The van der Waals surface area contributed by atoms with Gasteiger partial charge >= 0.3 is 17.9 Å². The van der Waals surface area contributed by atoms with E-state index in [0.29, 0.717) is 19.3 Å². The fourth-order valence-corrected chi connectivity index (χ4v) is 8.50. The van der Waals surface area contributed by atoms with E-state index in [1.54, 1.807) is 0 Å². The molecule has 0 fully saturated rings. The van der Waals surface area contributed by atoms with Crippen LogP contribution in [0.5, 0.6) is 0 Å². The summed E-state index contributed by atoms with van der Waals surface area (Å²) in [5.74, 6) is -0.849. The number of unbranched alkanes of at least 4 members (excludes halogenated alkanes) is 39. The first kappa shape index (κ1) is 61.1. The molecule has 0 aromatic heterocycles. The average Bonchev–Trinajstić information content (AvgIpc) is 3.28. The average molecular weight is 889 g/mol. The number of hydrogen-bond donors (Lipinski definition) is 0. The van der Waals surface area contributed by atoms with E-state index in [0.717, 1.165) is 57.8 Å². The Balaban J connectivity index is 4.29. The molecule has 0 aromatic rings. The molecule has 6 nitrogen and oxygen atoms in total. The van der Waals surface area contributed by atoms with Crippen LogP contribution >= 0.6 is 0 Å². The summed E-state index contributed by atoms with van der Waals surface area (Å²) in [7, 11) is 0. The molecule has 0 aliphatic rings. The molecular weight excluding hydrogens is 781 g/mol. The van der Waals surface area contributed by atoms with Crippen molar-refractivity contribution in [2.24, 2.45) is 0 Å². The van der Waals surface area contributed by atoms with Gasteiger partial charge in [0.05, 0.1) is 0 Å². The van der Waals surface area contributed by atoms with Crippen molar-refractivity contribution in [2.45, 2.75) is 322 Å². The molecule has 0 radical (unpaired) electrons. The fourth-order valence-electron chi connectivity index (χ4n) is 8.50. The van der Waals surface area contributed by atoms with Crippen molar-refractivity contribution >= 4 is 17.9 Å². The molecule has 0 spiro atoms. The van der Waals surface area contributed by atoms with Crippen LogP contribution in [-0.4, -0.2) is 37.2 Å². The second-order valence-corrected chi connectivity index (χ2v) is 19.2. The minimum atomic E-state index is -0.765. The minimum absolute atomic E-state index is 0.0656. The van der Waals surface area contributed by atoms with Gasteiger partial charge < -0.3 is 14.2 Å². The maximum Gasteiger partial charge on any atom is 0.306 e. The third-order valence-electron chi connectivity index (χ3n) is 12.8. The van der Waals surface area contributed by atoms with Crippen molar-refractivity contribution in [1.29, 1.82) is 0 Å². The second kappa shape index (κ2) is 52.8. The Morgan fingerprint density at radius 1 is 0.302 bits per heavy atom. The van der Waals surface area contributed by atoms with Crippen molar-refractivity contribution in [3.63, 3.8) is 0 Å². The summed E-state index contributed by atoms with van der Waals surface area (Å²) >= 11 is 0. The molecule has 0 amide bonds. The van der Waals surface area contributed by atoms with Gasteiger partial charge in [0.15, 0.2) is 6.10 Å². The predicted octanol–water partition coefficient (Wildman–Crippen LogP) is 18.5. The van der Waals surface area contributed by atoms with Gasteiger partial charge in [0.1, 0.15) is 13.2 Å². The van der Waals surface area contributed by atoms with Gasteiger partial charge in [-0.3, -0.25) is 14.4 Å². The normalized spacial score (nSPS) is 12.0. The topological polar surface area (TPSA) is 78.9 Å². The number of carbonyl (C=O) groups is 3. The van der Waals surface area contributed by atoms with Gasteiger partial charge in [0.2, 0.25) is 0 Å². The lowest BCUT2D eigenvalue weighted by molar-refractivity contribution is -0.167. The molecule has 0 aromatic carbocycles. The molecule has 0 saturated heterocycles. The van der Waals surface area contributed by atoms with Crippen LogP contribution in [0.4, 0.5) is 0 Å². The zero-order chi connectivity index (χ0) is 45.8. The summed E-state index contributed by atoms with van der Waals surface area (Å²) in [5, 5.41) is 0. The van der Waals surface area contributed by atoms with Crippen LogP contribution in [-0.2, 0) is 28.6 Å². The Kier molecular flexibility index (Phi) is 51.2. The summed E-state index contributed by atoms with van der Waals surface area (Å²) in [4.78, 5) is 38.0. The van der Waals surface area contributed by atoms with Gasteiger partial charge in [0.25, 0.3) is 0 Å². The summed E-state index contributed by atoms with van der Waals surface area (Å²) in [6.07, 6.45) is 59.1. The van der Waals surface area contributed by atoms with Crippen molar-refractivity contribution < 1.29 is 28.6 Å². The standard InChI is InChI=1S/C57H108O6/c1-4-7-10-13-16-19-22-24-26-28-30-32-35-38-41-44-47-50-56(59)62-53-54(52-61-55(58)49-46-43-40-37-34-21-18-15-12-9-6-3)63-57(60)51-48-45-42-39-36-33-31-29-27-25-23-20-17-14-11-8-5-2/h24,26,54H,4-23,25,27-53H2,1-3H3/b26-24-/t54-/m0/s1. The fraction of sp³-hybridized carbons (Fsp3) is 0.912. The summed E-state index contributed by atoms with van der Waals surface area (Å²) in [6.45, 7) is 6.68. The van der Waals surface area contributed by atoms with E-state index in [9.17, 15) is 14.4 Å². The quantitative estimate of drug-likeness (QED) is 0.0262. The zero-order valence-electron chi connectivity index (χ0n) is 42.6. The Morgan fingerprint density at radius 2 is 0.524 bits per heavy atom. The first-order valence-corrected chi connectivity index (χ1v) is 28.2. The molecule has 63 heavy (non-hydrogen) atoms. The lowest BCUT2D eigenvalue weighted by Crippen LogP contribution is -2.30. The van der Waals surface area contributed by atoms with Crippen molar-refractivity contribution in [1.82, 2.24) is 0 Å². The molecule has 6 heteroatoms. The Bertz CT molecular complexity index is 978. The highest BCUT2D eigenvalue weighted by Crippen LogP contribution is 2.17. The monoisotopic (exact) mass is 889 g/mol. The van der Waals surface area contributed by atoms with Gasteiger partial charge in [-0.15, -0.1) is 0 Å². The molecule has 0 unspecified atom stereocenters. The first-order chi connectivity index (χ1) is 31.0. The van der Waals surface area contributed by atoms with E-state index >= 15 is 0 Å². The number of esters is 3. The van der Waals surface area contributed by atoms with E-state index in [4.69, 9.17) is 14.2 Å². The number of rotatable bonds is 52. The van der Waals surface area contributed by atoms with Crippen LogP contribution in [0.1, 0.15) is 316 Å². The predicted molar refractivity (Wildman–Crippen MR) is 270 cm³/mol. The Hall–Kier alpha value is -1.85. The number of hydrogen-bond acceptors (Lipinski definition) is 6. The molecule has 0 aliphatic carbocycles. The van der Waals surface area contributed by atoms with Crippen LogP contribution in [0.3, 0.4) is 0 Å². The number of carbonyl (C=O) groups excluding carboxylic acids is 3. The molecule has 0 saturated carbocycles. The Labute approximate surface area is 392 Å².